The standard InChI is InChI=1S/C58H92N12O8/c1-31(2)46-52(76)65-40(10-6-18-60)50(74)68-57(29-43(57)55-27-37-25-36-26-38(28-55)58(36,37)55)54(78)61-19-22-69-20-7-11-42(69)51(75)67-47(32(3)4)53(77)64-39(9-5-17-59)49(73)63-41(14-13-33-23-35-24-34-15-16-56(33,34)35)48(72)62-30-45(71)70-21-8-12-44(70)66-46/h32-44,46-47,50,66,68,74H,1,5-30,59-60H2,2-4H3,(H,61,78)(H,62,72)(H,63,73)(H,64,77)(H,65,76)(H,67,75)/t33?,34?,35?,36?,37?,38?,39-,40-,41-,42-,43-,44-,46-,47-,50?,55?,56?,57?,58?/m0/s1. The highest BCUT2D eigenvalue weighted by Crippen LogP contribution is 2.96. The topological polar surface area (TPSA) is 294 Å². The lowest BCUT2D eigenvalue weighted by atomic mass is 9.12. The van der Waals surface area contributed by atoms with Gasteiger partial charge in [-0.1, -0.05) is 26.0 Å². The zero-order valence-corrected chi connectivity index (χ0v) is 46.7. The Balaban J connectivity index is 0.847. The van der Waals surface area contributed by atoms with Crippen LogP contribution in [0.5, 0.6) is 0 Å². The summed E-state index contributed by atoms with van der Waals surface area (Å²) in [5.74, 6) is 0.952. The van der Waals surface area contributed by atoms with Crippen LogP contribution in [0.25, 0.3) is 0 Å². The lowest BCUT2D eigenvalue weighted by Gasteiger charge is -2.92. The van der Waals surface area contributed by atoms with E-state index in [4.69, 9.17) is 11.5 Å². The summed E-state index contributed by atoms with van der Waals surface area (Å²) in [6.45, 7) is 11.5. The van der Waals surface area contributed by atoms with E-state index in [0.717, 1.165) is 61.7 Å². The number of hydrogen-bond acceptors (Lipinski definition) is 13. The summed E-state index contributed by atoms with van der Waals surface area (Å²) >= 11 is 0. The van der Waals surface area contributed by atoms with E-state index < -0.39 is 77.8 Å². The Morgan fingerprint density at radius 1 is 0.718 bits per heavy atom. The summed E-state index contributed by atoms with van der Waals surface area (Å²) in [7, 11) is 0. The Hall–Kier alpha value is -4.21. The van der Waals surface area contributed by atoms with E-state index in [2.05, 4.69) is 49.1 Å². The predicted molar refractivity (Wildman–Crippen MR) is 291 cm³/mol. The number of hydrogen-bond donors (Lipinski definition) is 11. The van der Waals surface area contributed by atoms with Crippen LogP contribution in [0.4, 0.5) is 0 Å². The van der Waals surface area contributed by atoms with Crippen molar-refractivity contribution in [2.75, 3.05) is 45.8 Å². The van der Waals surface area contributed by atoms with E-state index in [1.165, 1.54) is 32.1 Å². The van der Waals surface area contributed by atoms with Gasteiger partial charge in [0.15, 0.2) is 0 Å². The lowest BCUT2D eigenvalue weighted by molar-refractivity contribution is -0.439. The molecule has 3 saturated heterocycles. The smallest absolute Gasteiger partial charge is 0.243 e. The maximum absolute atomic E-state index is 14.9. The van der Waals surface area contributed by atoms with Gasteiger partial charge in [0.1, 0.15) is 35.9 Å². The number of fused-ring (bicyclic) bond motifs is 2. The number of nitrogens with two attached hydrogens (primary N) is 2. The fourth-order valence-electron chi connectivity index (χ4n) is 18.9. The average Bonchev–Trinajstić information content (AvgIpc) is 1.18. The van der Waals surface area contributed by atoms with Gasteiger partial charge in [-0.3, -0.25) is 49.1 Å². The molecule has 16 atom stereocenters. The highest BCUT2D eigenvalue weighted by atomic mass is 16.3. The summed E-state index contributed by atoms with van der Waals surface area (Å²) in [4.78, 5) is 105. The highest BCUT2D eigenvalue weighted by molar-refractivity contribution is 5.96. The van der Waals surface area contributed by atoms with Crippen molar-refractivity contribution in [3.63, 3.8) is 0 Å². The van der Waals surface area contributed by atoms with E-state index in [1.54, 1.807) is 11.8 Å². The van der Waals surface area contributed by atoms with Gasteiger partial charge < -0.3 is 53.4 Å². The Bertz CT molecular complexity index is 2360. The van der Waals surface area contributed by atoms with Crippen molar-refractivity contribution in [1.82, 2.24) is 52.3 Å². The molecule has 0 aromatic heterocycles. The molecule has 7 amide bonds. The number of aliphatic hydroxyl groups excluding tert-OH is 1. The van der Waals surface area contributed by atoms with E-state index >= 15 is 0 Å². The molecule has 20 nitrogen and oxygen atoms in total. The molecular weight excluding hydrogens is 993 g/mol. The van der Waals surface area contributed by atoms with Crippen molar-refractivity contribution >= 4 is 41.4 Å². The van der Waals surface area contributed by atoms with Gasteiger partial charge in [-0.15, -0.1) is 0 Å². The normalized spacial score (nSPS) is 44.6. The summed E-state index contributed by atoms with van der Waals surface area (Å²) in [5, 5.41) is 37.3. The molecule has 8 saturated carbocycles. The second-order valence-electron chi connectivity index (χ2n) is 26.9. The first-order chi connectivity index (χ1) is 37.4. The maximum atomic E-state index is 14.9. The molecular formula is C58H92N12O8. The van der Waals surface area contributed by atoms with Crippen LogP contribution in [-0.4, -0.2) is 156 Å². The molecule has 0 aromatic carbocycles. The molecule has 3 aliphatic heterocycles. The van der Waals surface area contributed by atoms with Crippen molar-refractivity contribution in [2.45, 2.75) is 197 Å². The third kappa shape index (κ3) is 9.10. The molecule has 11 fully saturated rings. The number of rotatable bonds is 12. The Morgan fingerprint density at radius 3 is 2.08 bits per heavy atom. The van der Waals surface area contributed by atoms with Gasteiger partial charge in [-0.2, -0.15) is 0 Å². The van der Waals surface area contributed by atoms with Crippen molar-refractivity contribution < 1.29 is 38.7 Å². The first-order valence-corrected chi connectivity index (χ1v) is 30.5. The van der Waals surface area contributed by atoms with E-state index in [-0.39, 0.29) is 61.0 Å². The van der Waals surface area contributed by atoms with Gasteiger partial charge in [0, 0.05) is 19.6 Å². The van der Waals surface area contributed by atoms with Gasteiger partial charge in [-0.25, -0.2) is 0 Å². The van der Waals surface area contributed by atoms with Crippen molar-refractivity contribution in [3.05, 3.63) is 12.2 Å². The highest BCUT2D eigenvalue weighted by Gasteiger charge is 2.92. The molecule has 3 heterocycles. The number of nitrogens with zero attached hydrogens (tertiary/aromatic N) is 2. The minimum atomic E-state index is -1.30. The molecule has 432 valence electrons. The summed E-state index contributed by atoms with van der Waals surface area (Å²) < 4.78 is 0. The maximum Gasteiger partial charge on any atom is 0.243 e. The molecule has 0 aromatic rings. The van der Waals surface area contributed by atoms with Crippen LogP contribution in [0.2, 0.25) is 0 Å². The van der Waals surface area contributed by atoms with Crippen LogP contribution < -0.4 is 54.0 Å². The predicted octanol–water partition coefficient (Wildman–Crippen LogP) is 0.572. The molecule has 0 radical (unpaired) electrons. The molecule has 11 aliphatic rings. The number of aliphatic hydroxyl groups is 1. The van der Waals surface area contributed by atoms with E-state index in [1.807, 2.05) is 18.7 Å². The van der Waals surface area contributed by atoms with Crippen LogP contribution in [0.3, 0.4) is 0 Å². The van der Waals surface area contributed by atoms with Crippen LogP contribution >= 0.6 is 0 Å². The molecule has 20 heteroatoms. The SMILES string of the molecule is C=C(C)[C@@H]1N[C@@H]2CCCN2C(=O)CNC(=O)[C@H](CCC2CC3CC4CCC243)NC(=O)[C@H](CCCN)NC(=O)[C@H](C(C)C)NC(=O)[C@@H]2CCCN2CCNC(=O)C2(C[C@H]2C23CC4CC5CC(C2)C543)NC(O)[C@H](CCCN)NC1=O. The second kappa shape index (κ2) is 21.6. The molecule has 78 heavy (non-hydrogen) atoms. The van der Waals surface area contributed by atoms with Gasteiger partial charge in [-0.05, 0) is 212 Å². The Morgan fingerprint density at radius 2 is 1.42 bits per heavy atom. The van der Waals surface area contributed by atoms with E-state index in [9.17, 15) is 38.7 Å². The Labute approximate surface area is 460 Å². The largest absolute Gasteiger partial charge is 0.376 e. The Kier molecular flexibility index (Phi) is 15.4. The molecule has 8 aliphatic carbocycles. The minimum absolute atomic E-state index is 0.0276. The van der Waals surface area contributed by atoms with Gasteiger partial charge in [0.2, 0.25) is 41.4 Å². The number of carbonyl (C=O) groups is 7. The lowest BCUT2D eigenvalue weighted by Crippen LogP contribution is -2.86. The monoisotopic (exact) mass is 1080 g/mol. The first kappa shape index (κ1) is 55.7. The average molecular weight is 1090 g/mol. The number of amides is 7. The molecule has 0 bridgehead atoms. The summed E-state index contributed by atoms with van der Waals surface area (Å²) in [6, 6.07) is -5.33. The molecule has 11 rings (SSSR count). The quantitative estimate of drug-likeness (QED) is 0.119. The summed E-state index contributed by atoms with van der Waals surface area (Å²) in [6.07, 6.45) is 13.4. The van der Waals surface area contributed by atoms with Crippen molar-refractivity contribution in [1.29, 1.82) is 0 Å². The molecule has 3 spiro atoms. The van der Waals surface area contributed by atoms with Crippen molar-refractivity contribution in [3.8, 4) is 0 Å². The zero-order valence-electron chi connectivity index (χ0n) is 46.7. The van der Waals surface area contributed by atoms with E-state index in [0.29, 0.717) is 99.9 Å². The van der Waals surface area contributed by atoms with Gasteiger partial charge in [0.05, 0.1) is 24.8 Å². The summed E-state index contributed by atoms with van der Waals surface area (Å²) in [5.41, 5.74) is 12.2. The van der Waals surface area contributed by atoms with Crippen LogP contribution in [0.15, 0.2) is 12.2 Å². The zero-order chi connectivity index (χ0) is 55.1. The van der Waals surface area contributed by atoms with Crippen LogP contribution in [0, 0.1) is 63.6 Å². The fraction of sp³-hybridized carbons (Fsp3) is 0.845. The minimum Gasteiger partial charge on any atom is -0.376 e. The fourth-order valence-corrected chi connectivity index (χ4v) is 18.9. The molecule has 13 N–H and O–H groups in total. The number of carbonyl (C=O) groups excluding carboxylic acids is 7. The third-order valence-electron chi connectivity index (χ3n) is 22.9. The van der Waals surface area contributed by atoms with Crippen LogP contribution in [0.1, 0.15) is 143 Å². The van der Waals surface area contributed by atoms with Gasteiger partial charge >= 0.3 is 0 Å². The first-order valence-electron chi connectivity index (χ1n) is 30.5. The number of nitrogens with one attached hydrogen (secondary N) is 8. The third-order valence-corrected chi connectivity index (χ3v) is 22.9. The van der Waals surface area contributed by atoms with Crippen molar-refractivity contribution in [2.24, 2.45) is 75.1 Å². The second-order valence-corrected chi connectivity index (χ2v) is 26.9. The molecule has 8 unspecified atom stereocenters. The van der Waals surface area contributed by atoms with Crippen LogP contribution in [-0.2, 0) is 33.6 Å². The van der Waals surface area contributed by atoms with Gasteiger partial charge in [0.25, 0.3) is 0 Å².